The number of rotatable bonds is 5. The molecule has 0 aliphatic rings. The highest BCUT2D eigenvalue weighted by Gasteiger charge is 2.08. The summed E-state index contributed by atoms with van der Waals surface area (Å²) in [7, 11) is 1.32. The number of amides is 1. The number of ether oxygens (including phenoxy) is 2. The van der Waals surface area contributed by atoms with E-state index in [0.29, 0.717) is 11.3 Å². The zero-order valence-corrected chi connectivity index (χ0v) is 14.9. The number of aryl methyl sites for hydroxylation is 1. The Morgan fingerprint density at radius 3 is 2.43 bits per heavy atom. The number of carbonyl (C=O) groups is 2. The molecule has 0 radical (unpaired) electrons. The molecule has 0 bridgehead atoms. The van der Waals surface area contributed by atoms with Crippen molar-refractivity contribution in [2.45, 2.75) is 6.92 Å². The largest absolute Gasteiger partial charge is 0.484 e. The van der Waals surface area contributed by atoms with Crippen LogP contribution < -0.4 is 10.1 Å². The van der Waals surface area contributed by atoms with Crippen LogP contribution in [0.25, 0.3) is 0 Å². The van der Waals surface area contributed by atoms with Gasteiger partial charge in [0, 0.05) is 9.26 Å². The predicted molar refractivity (Wildman–Crippen MR) is 95.8 cm³/mol. The molecule has 0 unspecified atom stereocenters. The second-order valence-corrected chi connectivity index (χ2v) is 6.06. The van der Waals surface area contributed by atoms with Crippen LogP contribution in [-0.4, -0.2) is 25.6 Å². The van der Waals surface area contributed by atoms with Crippen LogP contribution in [0, 0.1) is 10.5 Å². The van der Waals surface area contributed by atoms with Crippen molar-refractivity contribution >= 4 is 40.2 Å². The molecule has 23 heavy (non-hydrogen) atoms. The Morgan fingerprint density at radius 2 is 1.83 bits per heavy atom. The van der Waals surface area contributed by atoms with Crippen LogP contribution in [-0.2, 0) is 9.53 Å². The van der Waals surface area contributed by atoms with E-state index in [1.54, 1.807) is 24.3 Å². The lowest BCUT2D eigenvalue weighted by Crippen LogP contribution is -2.20. The van der Waals surface area contributed by atoms with Crippen molar-refractivity contribution in [3.63, 3.8) is 0 Å². The van der Waals surface area contributed by atoms with Crippen molar-refractivity contribution in [3.05, 3.63) is 57.2 Å². The van der Waals surface area contributed by atoms with Gasteiger partial charge in [-0.15, -0.1) is 0 Å². The van der Waals surface area contributed by atoms with Crippen molar-refractivity contribution in [3.8, 4) is 5.75 Å². The molecule has 5 nitrogen and oxygen atoms in total. The maximum atomic E-state index is 11.9. The van der Waals surface area contributed by atoms with E-state index in [4.69, 9.17) is 4.74 Å². The number of anilines is 1. The minimum atomic E-state index is -0.413. The van der Waals surface area contributed by atoms with Gasteiger partial charge in [0.1, 0.15) is 5.75 Å². The number of nitrogens with one attached hydrogen (secondary N) is 1. The van der Waals surface area contributed by atoms with Crippen LogP contribution in [0.2, 0.25) is 0 Å². The van der Waals surface area contributed by atoms with Crippen molar-refractivity contribution in [1.29, 1.82) is 0 Å². The SMILES string of the molecule is COC(=O)c1ccc(OCC(=O)Nc2ccc(I)cc2C)cc1. The van der Waals surface area contributed by atoms with E-state index >= 15 is 0 Å². The number of hydrogen-bond acceptors (Lipinski definition) is 4. The summed E-state index contributed by atoms with van der Waals surface area (Å²) in [4.78, 5) is 23.3. The summed E-state index contributed by atoms with van der Waals surface area (Å²) in [6.07, 6.45) is 0. The first-order valence-electron chi connectivity index (χ1n) is 6.87. The Balaban J connectivity index is 1.90. The molecule has 2 rings (SSSR count). The van der Waals surface area contributed by atoms with Crippen molar-refractivity contribution < 1.29 is 19.1 Å². The zero-order chi connectivity index (χ0) is 16.8. The van der Waals surface area contributed by atoms with Crippen LogP contribution >= 0.6 is 22.6 Å². The normalized spacial score (nSPS) is 10.0. The lowest BCUT2D eigenvalue weighted by Gasteiger charge is -2.10. The third-order valence-corrected chi connectivity index (χ3v) is 3.78. The quantitative estimate of drug-likeness (QED) is 0.589. The molecule has 0 fully saturated rings. The van der Waals surface area contributed by atoms with Crippen LogP contribution in [0.15, 0.2) is 42.5 Å². The molecule has 0 saturated heterocycles. The fourth-order valence-corrected chi connectivity index (χ4v) is 2.55. The van der Waals surface area contributed by atoms with Crippen LogP contribution in [0.3, 0.4) is 0 Å². The lowest BCUT2D eigenvalue weighted by molar-refractivity contribution is -0.118. The number of benzene rings is 2. The van der Waals surface area contributed by atoms with E-state index in [9.17, 15) is 9.59 Å². The molecule has 0 atom stereocenters. The zero-order valence-electron chi connectivity index (χ0n) is 12.8. The molecule has 120 valence electrons. The first-order valence-corrected chi connectivity index (χ1v) is 7.94. The monoisotopic (exact) mass is 425 g/mol. The molecular formula is C17H16INO4. The summed E-state index contributed by atoms with van der Waals surface area (Å²) in [5, 5.41) is 2.81. The molecule has 0 heterocycles. The van der Waals surface area contributed by atoms with Gasteiger partial charge in [-0.2, -0.15) is 0 Å². The van der Waals surface area contributed by atoms with Crippen LogP contribution in [0.4, 0.5) is 5.69 Å². The average molecular weight is 425 g/mol. The average Bonchev–Trinajstić information content (AvgIpc) is 2.55. The first kappa shape index (κ1) is 17.3. The summed E-state index contributed by atoms with van der Waals surface area (Å²) < 4.78 is 11.1. The second kappa shape index (κ2) is 7.96. The molecule has 0 aliphatic carbocycles. The standard InChI is InChI=1S/C17H16INO4/c1-11-9-13(18)5-8-15(11)19-16(20)10-23-14-6-3-12(4-7-14)17(21)22-2/h3-9H,10H2,1-2H3,(H,19,20). The summed E-state index contributed by atoms with van der Waals surface area (Å²) >= 11 is 2.22. The first-order chi connectivity index (χ1) is 11.0. The number of carbonyl (C=O) groups excluding carboxylic acids is 2. The van der Waals surface area contributed by atoms with Crippen LogP contribution in [0.5, 0.6) is 5.75 Å². The van der Waals surface area contributed by atoms with E-state index in [-0.39, 0.29) is 12.5 Å². The van der Waals surface area contributed by atoms with Crippen molar-refractivity contribution in [2.75, 3.05) is 19.0 Å². The highest BCUT2D eigenvalue weighted by molar-refractivity contribution is 14.1. The fraction of sp³-hybridized carbons (Fsp3) is 0.176. The van der Waals surface area contributed by atoms with E-state index in [1.165, 1.54) is 7.11 Å². The van der Waals surface area contributed by atoms with E-state index in [2.05, 4.69) is 32.6 Å². The molecule has 2 aromatic carbocycles. The molecule has 0 saturated carbocycles. The maximum Gasteiger partial charge on any atom is 0.337 e. The summed E-state index contributed by atoms with van der Waals surface area (Å²) in [5.74, 6) is -0.151. The van der Waals surface area contributed by atoms with Gasteiger partial charge in [-0.1, -0.05) is 0 Å². The molecule has 1 N–H and O–H groups in total. The van der Waals surface area contributed by atoms with Gasteiger partial charge in [0.2, 0.25) is 0 Å². The van der Waals surface area contributed by atoms with E-state index < -0.39 is 5.97 Å². The Kier molecular flexibility index (Phi) is 5.97. The molecule has 2 aromatic rings. The lowest BCUT2D eigenvalue weighted by atomic mass is 10.2. The Hall–Kier alpha value is -2.09. The highest BCUT2D eigenvalue weighted by Crippen LogP contribution is 2.18. The minimum Gasteiger partial charge on any atom is -0.484 e. The second-order valence-electron chi connectivity index (χ2n) is 4.81. The summed E-state index contributed by atoms with van der Waals surface area (Å²) in [5.41, 5.74) is 2.19. The third kappa shape index (κ3) is 4.95. The number of hydrogen-bond donors (Lipinski definition) is 1. The molecule has 0 aromatic heterocycles. The van der Waals surface area contributed by atoms with Gasteiger partial charge in [0.25, 0.3) is 5.91 Å². The van der Waals surface area contributed by atoms with Gasteiger partial charge in [-0.05, 0) is 77.5 Å². The maximum absolute atomic E-state index is 11.9. The Labute approximate surface area is 148 Å². The summed E-state index contributed by atoms with van der Waals surface area (Å²) in [6, 6.07) is 12.2. The Morgan fingerprint density at radius 1 is 1.13 bits per heavy atom. The summed E-state index contributed by atoms with van der Waals surface area (Å²) in [6.45, 7) is 1.83. The molecular weight excluding hydrogens is 409 g/mol. The highest BCUT2D eigenvalue weighted by atomic mass is 127. The van der Waals surface area contributed by atoms with Gasteiger partial charge in [-0.25, -0.2) is 4.79 Å². The van der Waals surface area contributed by atoms with Gasteiger partial charge < -0.3 is 14.8 Å². The number of esters is 1. The minimum absolute atomic E-state index is 0.108. The predicted octanol–water partition coefficient (Wildman–Crippen LogP) is 3.40. The van der Waals surface area contributed by atoms with E-state index in [0.717, 1.165) is 14.8 Å². The molecule has 6 heteroatoms. The number of methoxy groups -OCH3 is 1. The number of halogens is 1. The van der Waals surface area contributed by atoms with Gasteiger partial charge in [0.05, 0.1) is 12.7 Å². The van der Waals surface area contributed by atoms with Crippen LogP contribution in [0.1, 0.15) is 15.9 Å². The van der Waals surface area contributed by atoms with Gasteiger partial charge >= 0.3 is 5.97 Å². The molecule has 0 spiro atoms. The smallest absolute Gasteiger partial charge is 0.337 e. The Bertz CT molecular complexity index is 713. The molecule has 0 aliphatic heterocycles. The van der Waals surface area contributed by atoms with Gasteiger partial charge in [-0.3, -0.25) is 4.79 Å². The molecule has 1 amide bonds. The van der Waals surface area contributed by atoms with Crippen molar-refractivity contribution in [2.24, 2.45) is 0 Å². The third-order valence-electron chi connectivity index (χ3n) is 3.11. The fourth-order valence-electron chi connectivity index (χ4n) is 1.91. The van der Waals surface area contributed by atoms with Gasteiger partial charge in [0.15, 0.2) is 6.61 Å². The van der Waals surface area contributed by atoms with Crippen molar-refractivity contribution in [1.82, 2.24) is 0 Å². The van der Waals surface area contributed by atoms with E-state index in [1.807, 2.05) is 25.1 Å². The topological polar surface area (TPSA) is 64.6 Å².